The number of benzene rings is 2. The molecule has 6 nitrogen and oxygen atoms in total. The Morgan fingerprint density at radius 3 is 2.32 bits per heavy atom. The number of hydrogen-bond acceptors (Lipinski definition) is 5. The van der Waals surface area contributed by atoms with Gasteiger partial charge in [-0.2, -0.15) is 0 Å². The molecule has 37 heavy (non-hydrogen) atoms. The summed E-state index contributed by atoms with van der Waals surface area (Å²) in [6.45, 7) is 0.515. The second kappa shape index (κ2) is 16.1. The van der Waals surface area contributed by atoms with Crippen LogP contribution in [0, 0.1) is 0 Å². The van der Waals surface area contributed by atoms with Gasteiger partial charge in [0.05, 0.1) is 7.11 Å². The van der Waals surface area contributed by atoms with Crippen LogP contribution in [0.2, 0.25) is 0 Å². The Morgan fingerprint density at radius 2 is 1.59 bits per heavy atom. The normalized spacial score (nSPS) is 11.5. The van der Waals surface area contributed by atoms with Crippen LogP contribution >= 0.6 is 0 Å². The van der Waals surface area contributed by atoms with E-state index >= 15 is 0 Å². The predicted octanol–water partition coefficient (Wildman–Crippen LogP) is 5.83. The highest BCUT2D eigenvalue weighted by molar-refractivity contribution is 5.76. The first kappa shape index (κ1) is 27.9. The summed E-state index contributed by atoms with van der Waals surface area (Å²) in [4.78, 5) is 28.5. The van der Waals surface area contributed by atoms with Crippen LogP contribution in [0.1, 0.15) is 61.6 Å². The Kier molecular flexibility index (Phi) is 12.2. The summed E-state index contributed by atoms with van der Waals surface area (Å²) < 4.78 is 10.7. The second-order valence-corrected chi connectivity index (χ2v) is 9.28. The highest BCUT2D eigenvalue weighted by Crippen LogP contribution is 2.17. The van der Waals surface area contributed by atoms with Gasteiger partial charge in [-0.1, -0.05) is 61.4 Å². The zero-order valence-corrected chi connectivity index (χ0v) is 21.7. The number of carbonyl (C=O) groups is 2. The van der Waals surface area contributed by atoms with Crippen LogP contribution in [0.5, 0.6) is 5.75 Å². The third-order valence-electron chi connectivity index (χ3n) is 6.29. The molecule has 3 aromatic rings. The molecule has 1 unspecified atom stereocenters. The molecule has 2 aromatic carbocycles. The van der Waals surface area contributed by atoms with E-state index in [-0.39, 0.29) is 24.3 Å². The van der Waals surface area contributed by atoms with E-state index in [1.54, 1.807) is 6.20 Å². The zero-order chi connectivity index (χ0) is 26.1. The van der Waals surface area contributed by atoms with Crippen LogP contribution in [0.25, 0.3) is 0 Å². The maximum Gasteiger partial charge on any atom is 0.305 e. The third kappa shape index (κ3) is 11.3. The van der Waals surface area contributed by atoms with E-state index in [2.05, 4.69) is 16.4 Å². The minimum absolute atomic E-state index is 0.0324. The number of amides is 1. The topological polar surface area (TPSA) is 77.5 Å². The minimum Gasteiger partial charge on any atom is -0.489 e. The average Bonchev–Trinajstić information content (AvgIpc) is 2.94. The van der Waals surface area contributed by atoms with Crippen LogP contribution in [0.3, 0.4) is 0 Å². The molecule has 6 heteroatoms. The van der Waals surface area contributed by atoms with Crippen LogP contribution in [0.4, 0.5) is 0 Å². The Hall–Kier alpha value is -3.67. The average molecular weight is 503 g/mol. The van der Waals surface area contributed by atoms with Gasteiger partial charge in [-0.3, -0.25) is 14.6 Å². The summed E-state index contributed by atoms with van der Waals surface area (Å²) in [5, 5.41) is 3.14. The van der Waals surface area contributed by atoms with Crippen LogP contribution in [0.15, 0.2) is 79.1 Å². The van der Waals surface area contributed by atoms with Gasteiger partial charge in [-0.05, 0) is 67.0 Å². The molecule has 1 heterocycles. The molecule has 0 aliphatic heterocycles. The van der Waals surface area contributed by atoms with E-state index < -0.39 is 0 Å². The maximum atomic E-state index is 12.6. The molecule has 0 saturated carbocycles. The standard InChI is InChI=1S/C31H38N2O4/c1-36-31(35)20-17-28(33-30(34)14-8-3-2-5-10-26-13-9-21-32-23-26)22-25-15-18-29(19-16-25)37-24-27-11-6-4-7-12-27/h4,6-7,9,11-13,15-16,18-19,21,23,28H,2-3,5,8,10,14,17,20,22,24H2,1H3,(H,33,34). The number of rotatable bonds is 16. The number of unbranched alkanes of at least 4 members (excludes halogenated alkanes) is 3. The third-order valence-corrected chi connectivity index (χ3v) is 6.29. The van der Waals surface area contributed by atoms with E-state index in [4.69, 9.17) is 9.47 Å². The number of esters is 1. The van der Waals surface area contributed by atoms with Gasteiger partial charge in [0.1, 0.15) is 12.4 Å². The number of aryl methyl sites for hydroxylation is 1. The molecule has 0 saturated heterocycles. The first-order chi connectivity index (χ1) is 18.1. The number of carbonyl (C=O) groups excluding carboxylic acids is 2. The van der Waals surface area contributed by atoms with Crippen molar-refractivity contribution in [3.05, 3.63) is 95.8 Å². The molecule has 0 bridgehead atoms. The van der Waals surface area contributed by atoms with Gasteiger partial charge in [0.15, 0.2) is 0 Å². The Balaban J connectivity index is 1.41. The first-order valence-electron chi connectivity index (χ1n) is 13.1. The number of aromatic nitrogens is 1. The van der Waals surface area contributed by atoms with E-state index in [1.165, 1.54) is 12.7 Å². The molecule has 0 spiro atoms. The van der Waals surface area contributed by atoms with Gasteiger partial charge < -0.3 is 14.8 Å². The number of pyridine rings is 1. The largest absolute Gasteiger partial charge is 0.489 e. The quantitative estimate of drug-likeness (QED) is 0.197. The van der Waals surface area contributed by atoms with E-state index in [0.717, 1.165) is 49.0 Å². The van der Waals surface area contributed by atoms with Crippen molar-refractivity contribution in [2.45, 2.75) is 70.4 Å². The number of nitrogens with one attached hydrogen (secondary N) is 1. The molecule has 1 N–H and O–H groups in total. The lowest BCUT2D eigenvalue weighted by Gasteiger charge is -2.19. The van der Waals surface area contributed by atoms with Crippen molar-refractivity contribution >= 4 is 11.9 Å². The van der Waals surface area contributed by atoms with Crippen LogP contribution < -0.4 is 10.1 Å². The molecule has 0 radical (unpaired) electrons. The SMILES string of the molecule is COC(=O)CCC(Cc1ccc(OCc2ccccc2)cc1)NC(=O)CCCCCCc1cccnc1. The molecular weight excluding hydrogens is 464 g/mol. The molecule has 0 aliphatic carbocycles. The summed E-state index contributed by atoms with van der Waals surface area (Å²) in [5.74, 6) is 0.564. The molecule has 1 aromatic heterocycles. The summed E-state index contributed by atoms with van der Waals surface area (Å²) in [7, 11) is 1.39. The minimum atomic E-state index is -0.266. The summed E-state index contributed by atoms with van der Waals surface area (Å²) in [6.07, 6.45) is 10.7. The number of nitrogens with zero attached hydrogens (tertiary/aromatic N) is 1. The highest BCUT2D eigenvalue weighted by Gasteiger charge is 2.15. The van der Waals surface area contributed by atoms with Crippen molar-refractivity contribution < 1.29 is 19.1 Å². The van der Waals surface area contributed by atoms with E-state index in [0.29, 0.717) is 25.9 Å². The lowest BCUT2D eigenvalue weighted by Crippen LogP contribution is -2.36. The number of methoxy groups -OCH3 is 1. The second-order valence-electron chi connectivity index (χ2n) is 9.28. The molecule has 3 rings (SSSR count). The monoisotopic (exact) mass is 502 g/mol. The molecule has 196 valence electrons. The van der Waals surface area contributed by atoms with Crippen LogP contribution in [-0.2, 0) is 33.8 Å². The first-order valence-corrected chi connectivity index (χ1v) is 13.1. The fraction of sp³-hybridized carbons (Fsp3) is 0.387. The van der Waals surface area contributed by atoms with Crippen molar-refractivity contribution in [3.63, 3.8) is 0 Å². The maximum absolute atomic E-state index is 12.6. The van der Waals surface area contributed by atoms with E-state index in [1.807, 2.05) is 66.9 Å². The van der Waals surface area contributed by atoms with Gasteiger partial charge in [0.2, 0.25) is 5.91 Å². The van der Waals surface area contributed by atoms with Crippen molar-refractivity contribution in [2.75, 3.05) is 7.11 Å². The lowest BCUT2D eigenvalue weighted by atomic mass is 10.0. The fourth-order valence-electron chi connectivity index (χ4n) is 4.18. The zero-order valence-electron chi connectivity index (χ0n) is 21.7. The smallest absolute Gasteiger partial charge is 0.305 e. The molecule has 1 amide bonds. The Labute approximate surface area is 220 Å². The van der Waals surface area contributed by atoms with Crippen molar-refractivity contribution in [1.29, 1.82) is 0 Å². The molecule has 0 aliphatic rings. The number of ether oxygens (including phenoxy) is 2. The molecule has 0 fully saturated rings. The van der Waals surface area contributed by atoms with Crippen molar-refractivity contribution in [1.82, 2.24) is 10.3 Å². The lowest BCUT2D eigenvalue weighted by molar-refractivity contribution is -0.141. The molecule has 1 atom stereocenters. The summed E-state index contributed by atoms with van der Waals surface area (Å²) in [6, 6.07) is 21.9. The van der Waals surface area contributed by atoms with E-state index in [9.17, 15) is 9.59 Å². The van der Waals surface area contributed by atoms with Gasteiger partial charge in [0.25, 0.3) is 0 Å². The number of hydrogen-bond donors (Lipinski definition) is 1. The van der Waals surface area contributed by atoms with Gasteiger partial charge in [-0.25, -0.2) is 0 Å². The van der Waals surface area contributed by atoms with Gasteiger partial charge >= 0.3 is 5.97 Å². The summed E-state index contributed by atoms with van der Waals surface area (Å²) in [5.41, 5.74) is 3.45. The van der Waals surface area contributed by atoms with Crippen LogP contribution in [-0.4, -0.2) is 30.0 Å². The Morgan fingerprint density at radius 1 is 0.838 bits per heavy atom. The predicted molar refractivity (Wildman–Crippen MR) is 145 cm³/mol. The summed E-state index contributed by atoms with van der Waals surface area (Å²) >= 11 is 0. The van der Waals surface area contributed by atoms with Gasteiger partial charge in [0, 0.05) is 31.3 Å². The molecular formula is C31H38N2O4. The fourth-order valence-corrected chi connectivity index (χ4v) is 4.18. The Bertz CT molecular complexity index is 1060. The van der Waals surface area contributed by atoms with Gasteiger partial charge in [-0.15, -0.1) is 0 Å². The van der Waals surface area contributed by atoms with Crippen molar-refractivity contribution in [3.8, 4) is 5.75 Å². The van der Waals surface area contributed by atoms with Crippen molar-refractivity contribution in [2.24, 2.45) is 0 Å². The highest BCUT2D eigenvalue weighted by atomic mass is 16.5.